The summed E-state index contributed by atoms with van der Waals surface area (Å²) in [6.07, 6.45) is 0.374. The van der Waals surface area contributed by atoms with Crippen molar-refractivity contribution >= 4 is 22.8 Å². The van der Waals surface area contributed by atoms with Crippen LogP contribution in [0.5, 0.6) is 0 Å². The summed E-state index contributed by atoms with van der Waals surface area (Å²) in [6, 6.07) is 30.2. The van der Waals surface area contributed by atoms with Crippen LogP contribution in [0.3, 0.4) is 0 Å². The van der Waals surface area contributed by atoms with E-state index in [2.05, 4.69) is 51.4 Å². The molecule has 0 spiro atoms. The van der Waals surface area contributed by atoms with Crippen molar-refractivity contribution in [3.63, 3.8) is 0 Å². The van der Waals surface area contributed by atoms with Gasteiger partial charge in [0, 0.05) is 6.42 Å². The quantitative estimate of drug-likeness (QED) is 0.193. The Morgan fingerprint density at radius 1 is 0.865 bits per heavy atom. The zero-order valence-corrected chi connectivity index (χ0v) is 20.6. The second-order valence-corrected chi connectivity index (χ2v) is 9.34. The SMILES string of the molecule is FC1CC(COC(c2ccccc2)(c2ccccc2)c2ccccc2)OC1n1cnc2c(Cl)ncnc21. The van der Waals surface area contributed by atoms with Crippen molar-refractivity contribution in [2.24, 2.45) is 0 Å². The Hall–Kier alpha value is -3.65. The summed E-state index contributed by atoms with van der Waals surface area (Å²) in [5, 5.41) is 0.218. The van der Waals surface area contributed by atoms with Gasteiger partial charge in [-0.15, -0.1) is 0 Å². The molecular weight excluding hydrogens is 491 g/mol. The lowest BCUT2D eigenvalue weighted by Crippen LogP contribution is -2.35. The number of ether oxygens (including phenoxy) is 2. The number of rotatable bonds is 7. The van der Waals surface area contributed by atoms with Gasteiger partial charge in [0.1, 0.15) is 23.6 Å². The zero-order valence-electron chi connectivity index (χ0n) is 19.8. The maximum Gasteiger partial charge on any atom is 0.168 e. The lowest BCUT2D eigenvalue weighted by Gasteiger charge is -2.36. The molecule has 1 aliphatic heterocycles. The van der Waals surface area contributed by atoms with Gasteiger partial charge >= 0.3 is 0 Å². The van der Waals surface area contributed by atoms with Crippen molar-refractivity contribution in [3.05, 3.63) is 125 Å². The van der Waals surface area contributed by atoms with Gasteiger partial charge in [0.25, 0.3) is 0 Å². The fourth-order valence-corrected chi connectivity index (χ4v) is 5.23. The molecule has 6 nitrogen and oxygen atoms in total. The first-order valence-electron chi connectivity index (χ1n) is 12.1. The van der Waals surface area contributed by atoms with Crippen LogP contribution in [-0.2, 0) is 15.1 Å². The Kier molecular flexibility index (Phi) is 6.42. The number of halogens is 2. The Bertz CT molecular complexity index is 1390. The molecule has 0 saturated carbocycles. The van der Waals surface area contributed by atoms with Gasteiger partial charge in [-0.2, -0.15) is 0 Å². The van der Waals surface area contributed by atoms with E-state index in [0.29, 0.717) is 11.2 Å². The molecule has 5 aromatic rings. The summed E-state index contributed by atoms with van der Waals surface area (Å²) in [5.74, 6) is 0. The predicted molar refractivity (Wildman–Crippen MR) is 139 cm³/mol. The van der Waals surface area contributed by atoms with E-state index in [1.165, 1.54) is 12.7 Å². The molecule has 3 unspecified atom stereocenters. The molecule has 0 amide bonds. The van der Waals surface area contributed by atoms with Crippen LogP contribution >= 0.6 is 11.6 Å². The summed E-state index contributed by atoms with van der Waals surface area (Å²) in [5.41, 5.74) is 2.87. The van der Waals surface area contributed by atoms with E-state index in [-0.39, 0.29) is 18.2 Å². The second-order valence-electron chi connectivity index (χ2n) is 8.98. The summed E-state index contributed by atoms with van der Waals surface area (Å²) in [6.45, 7) is 0.179. The number of alkyl halides is 1. The van der Waals surface area contributed by atoms with Gasteiger partial charge in [0.2, 0.25) is 0 Å². The number of hydrogen-bond donors (Lipinski definition) is 0. The van der Waals surface area contributed by atoms with Gasteiger partial charge in [-0.3, -0.25) is 4.57 Å². The predicted octanol–water partition coefficient (Wildman–Crippen LogP) is 6.11. The van der Waals surface area contributed by atoms with E-state index in [4.69, 9.17) is 21.1 Å². The first-order chi connectivity index (χ1) is 18.2. The molecule has 2 aromatic heterocycles. The number of nitrogens with zero attached hydrogens (tertiary/aromatic N) is 4. The molecule has 0 bridgehead atoms. The van der Waals surface area contributed by atoms with Crippen LogP contribution < -0.4 is 0 Å². The summed E-state index contributed by atoms with van der Waals surface area (Å²) in [4.78, 5) is 12.4. The van der Waals surface area contributed by atoms with Crippen molar-refractivity contribution in [2.75, 3.05) is 6.61 Å². The third-order valence-electron chi connectivity index (χ3n) is 6.74. The molecule has 1 saturated heterocycles. The summed E-state index contributed by atoms with van der Waals surface area (Å²) >= 11 is 6.14. The Morgan fingerprint density at radius 3 is 2.00 bits per heavy atom. The fourth-order valence-electron chi connectivity index (χ4n) is 5.05. The lowest BCUT2D eigenvalue weighted by molar-refractivity contribution is -0.0804. The van der Waals surface area contributed by atoms with E-state index in [1.54, 1.807) is 4.57 Å². The standard InChI is InChI=1S/C29H24ClFN4O2/c30-26-25-27(33-18-32-26)35(19-34-25)28-24(31)16-23(37-28)17-36-29(20-10-4-1-5-11-20,21-12-6-2-7-13-21)22-14-8-3-9-15-22/h1-15,18-19,23-24,28H,16-17H2. The molecule has 0 aliphatic carbocycles. The Labute approximate surface area is 218 Å². The van der Waals surface area contributed by atoms with Crippen molar-refractivity contribution in [2.45, 2.75) is 30.5 Å². The van der Waals surface area contributed by atoms with Crippen molar-refractivity contribution in [1.82, 2.24) is 19.5 Å². The first kappa shape index (κ1) is 23.7. The van der Waals surface area contributed by atoms with Crippen molar-refractivity contribution < 1.29 is 13.9 Å². The van der Waals surface area contributed by atoms with Gasteiger partial charge in [-0.25, -0.2) is 19.3 Å². The van der Waals surface area contributed by atoms with E-state index < -0.39 is 24.1 Å². The van der Waals surface area contributed by atoms with Gasteiger partial charge in [0.15, 0.2) is 17.0 Å². The molecule has 3 atom stereocenters. The maximum atomic E-state index is 15.3. The minimum absolute atomic E-state index is 0.178. The molecule has 186 valence electrons. The highest BCUT2D eigenvalue weighted by Gasteiger charge is 2.42. The molecule has 37 heavy (non-hydrogen) atoms. The van der Waals surface area contributed by atoms with Crippen LogP contribution in [0.25, 0.3) is 11.2 Å². The van der Waals surface area contributed by atoms with Gasteiger partial charge < -0.3 is 9.47 Å². The fraction of sp³-hybridized carbons (Fsp3) is 0.207. The monoisotopic (exact) mass is 514 g/mol. The summed E-state index contributed by atoms with van der Waals surface area (Å²) in [7, 11) is 0. The second kappa shape index (κ2) is 10.0. The number of fused-ring (bicyclic) bond motifs is 1. The first-order valence-corrected chi connectivity index (χ1v) is 12.5. The van der Waals surface area contributed by atoms with Gasteiger partial charge in [-0.1, -0.05) is 103 Å². The van der Waals surface area contributed by atoms with Crippen LogP contribution in [0.2, 0.25) is 5.15 Å². The maximum absolute atomic E-state index is 15.3. The normalized spacial score (nSPS) is 19.9. The highest BCUT2D eigenvalue weighted by atomic mass is 35.5. The van der Waals surface area contributed by atoms with Crippen LogP contribution in [0, 0.1) is 0 Å². The highest BCUT2D eigenvalue weighted by Crippen LogP contribution is 2.42. The number of aromatic nitrogens is 4. The molecule has 0 radical (unpaired) electrons. The molecule has 6 rings (SSSR count). The Morgan fingerprint density at radius 2 is 1.43 bits per heavy atom. The number of benzene rings is 3. The van der Waals surface area contributed by atoms with E-state index in [0.717, 1.165) is 16.7 Å². The van der Waals surface area contributed by atoms with Gasteiger partial charge in [0.05, 0.1) is 19.0 Å². The highest BCUT2D eigenvalue weighted by molar-refractivity contribution is 6.33. The minimum atomic E-state index is -1.26. The molecule has 8 heteroatoms. The van der Waals surface area contributed by atoms with E-state index >= 15 is 4.39 Å². The van der Waals surface area contributed by atoms with Crippen molar-refractivity contribution in [3.8, 4) is 0 Å². The number of imidazole rings is 1. The van der Waals surface area contributed by atoms with Crippen LogP contribution in [0.15, 0.2) is 104 Å². The molecule has 3 aromatic carbocycles. The zero-order chi connectivity index (χ0) is 25.2. The molecule has 1 aliphatic rings. The average molecular weight is 515 g/mol. The van der Waals surface area contributed by atoms with E-state index in [1.807, 2.05) is 54.6 Å². The number of hydrogen-bond acceptors (Lipinski definition) is 5. The Balaban J connectivity index is 1.34. The van der Waals surface area contributed by atoms with Crippen molar-refractivity contribution in [1.29, 1.82) is 0 Å². The van der Waals surface area contributed by atoms with Crippen LogP contribution in [0.1, 0.15) is 29.3 Å². The topological polar surface area (TPSA) is 62.1 Å². The van der Waals surface area contributed by atoms with E-state index in [9.17, 15) is 0 Å². The average Bonchev–Trinajstić information content (AvgIpc) is 3.54. The minimum Gasteiger partial charge on any atom is -0.358 e. The van der Waals surface area contributed by atoms with Gasteiger partial charge in [-0.05, 0) is 16.7 Å². The third kappa shape index (κ3) is 4.29. The van der Waals surface area contributed by atoms with Crippen LogP contribution in [0.4, 0.5) is 4.39 Å². The molecule has 1 fully saturated rings. The smallest absolute Gasteiger partial charge is 0.168 e. The lowest BCUT2D eigenvalue weighted by atomic mass is 9.80. The summed E-state index contributed by atoms with van der Waals surface area (Å²) < 4.78 is 29.9. The molecule has 0 N–H and O–H groups in total. The molecular formula is C29H24ClFN4O2. The third-order valence-corrected chi connectivity index (χ3v) is 7.02. The largest absolute Gasteiger partial charge is 0.358 e. The molecule has 3 heterocycles. The van der Waals surface area contributed by atoms with Crippen LogP contribution in [-0.4, -0.2) is 38.4 Å².